The predicted molar refractivity (Wildman–Crippen MR) is 116 cm³/mol. The molecular formula is C23H20FNO6S. The van der Waals surface area contributed by atoms with Gasteiger partial charge in [-0.05, 0) is 35.7 Å². The Labute approximate surface area is 187 Å². The molecule has 1 aromatic heterocycles. The van der Waals surface area contributed by atoms with Gasteiger partial charge in [0.05, 0.1) is 6.54 Å². The highest BCUT2D eigenvalue weighted by atomic mass is 32.1. The zero-order valence-corrected chi connectivity index (χ0v) is 17.8. The normalized spacial score (nSPS) is 12.2. The van der Waals surface area contributed by atoms with E-state index in [-0.39, 0.29) is 5.75 Å². The molecule has 3 aromatic rings. The topological polar surface area (TPSA) is 74.3 Å². The number of hydrogen-bond donors (Lipinski definition) is 0. The summed E-state index contributed by atoms with van der Waals surface area (Å²) in [6.45, 7) is 0.306. The van der Waals surface area contributed by atoms with Gasteiger partial charge in [0.15, 0.2) is 24.7 Å². The fourth-order valence-corrected chi connectivity index (χ4v) is 3.74. The maximum Gasteiger partial charge on any atom is 0.344 e. The van der Waals surface area contributed by atoms with Crippen molar-refractivity contribution < 1.29 is 32.9 Å². The van der Waals surface area contributed by atoms with E-state index in [1.54, 1.807) is 18.2 Å². The van der Waals surface area contributed by atoms with E-state index in [0.717, 1.165) is 10.9 Å². The summed E-state index contributed by atoms with van der Waals surface area (Å²) in [5.41, 5.74) is 0.597. The molecule has 166 valence electrons. The molecule has 0 saturated carbocycles. The van der Waals surface area contributed by atoms with Gasteiger partial charge in [-0.25, -0.2) is 9.18 Å². The minimum absolute atomic E-state index is 0.198. The monoisotopic (exact) mass is 457 g/mol. The Bertz CT molecular complexity index is 1090. The Kier molecular flexibility index (Phi) is 6.86. The van der Waals surface area contributed by atoms with Crippen molar-refractivity contribution in [2.45, 2.75) is 6.54 Å². The molecule has 1 aliphatic heterocycles. The average Bonchev–Trinajstić information content (AvgIpc) is 3.33. The Hall–Kier alpha value is -3.59. The molecule has 0 unspecified atom stereocenters. The first-order chi connectivity index (χ1) is 15.6. The summed E-state index contributed by atoms with van der Waals surface area (Å²) in [5, 5.41) is 1.92. The van der Waals surface area contributed by atoms with Crippen molar-refractivity contribution in [1.82, 2.24) is 0 Å². The molecule has 9 heteroatoms. The number of amides is 1. The van der Waals surface area contributed by atoms with Crippen LogP contribution in [0, 0.1) is 5.82 Å². The van der Waals surface area contributed by atoms with Crippen LogP contribution in [-0.2, 0) is 20.9 Å². The summed E-state index contributed by atoms with van der Waals surface area (Å²) < 4.78 is 34.7. The lowest BCUT2D eigenvalue weighted by Gasteiger charge is -2.25. The number of esters is 1. The summed E-state index contributed by atoms with van der Waals surface area (Å²) in [7, 11) is 0. The minimum atomic E-state index is -0.735. The van der Waals surface area contributed by atoms with Crippen molar-refractivity contribution in [1.29, 1.82) is 0 Å². The second kappa shape index (κ2) is 10.1. The molecule has 7 nitrogen and oxygen atoms in total. The number of anilines is 1. The van der Waals surface area contributed by atoms with Gasteiger partial charge >= 0.3 is 5.97 Å². The Balaban J connectivity index is 1.40. The Morgan fingerprint density at radius 1 is 1.00 bits per heavy atom. The summed E-state index contributed by atoms with van der Waals surface area (Å²) in [6.07, 6.45) is 0. The van der Waals surface area contributed by atoms with Gasteiger partial charge in [-0.15, -0.1) is 11.3 Å². The van der Waals surface area contributed by atoms with Gasteiger partial charge in [0.2, 0.25) is 0 Å². The second-order valence-corrected chi connectivity index (χ2v) is 7.83. The lowest BCUT2D eigenvalue weighted by atomic mass is 10.2. The number of benzene rings is 2. The maximum absolute atomic E-state index is 13.2. The van der Waals surface area contributed by atoms with Crippen molar-refractivity contribution in [3.8, 4) is 17.2 Å². The Morgan fingerprint density at radius 3 is 2.62 bits per heavy atom. The fourth-order valence-electron chi connectivity index (χ4n) is 3.04. The molecule has 4 rings (SSSR count). The third kappa shape index (κ3) is 5.55. The highest BCUT2D eigenvalue weighted by molar-refractivity contribution is 7.09. The van der Waals surface area contributed by atoms with Gasteiger partial charge in [-0.1, -0.05) is 12.1 Å². The highest BCUT2D eigenvalue weighted by Gasteiger charge is 2.21. The number of halogens is 1. The van der Waals surface area contributed by atoms with E-state index in [1.807, 2.05) is 17.5 Å². The SMILES string of the molecule is O=C(COc1cccc(F)c1)OCC(=O)N(Cc1cccs1)c1ccc2c(c1)OCCO2. The molecule has 0 bridgehead atoms. The van der Waals surface area contributed by atoms with Crippen LogP contribution in [0.25, 0.3) is 0 Å². The maximum atomic E-state index is 13.2. The van der Waals surface area contributed by atoms with Crippen molar-refractivity contribution in [2.24, 2.45) is 0 Å². The lowest BCUT2D eigenvalue weighted by molar-refractivity contribution is -0.149. The van der Waals surface area contributed by atoms with Crippen LogP contribution < -0.4 is 19.1 Å². The summed E-state index contributed by atoms with van der Waals surface area (Å²) in [6, 6.07) is 14.5. The molecule has 0 fully saturated rings. The molecule has 0 atom stereocenters. The molecule has 0 aliphatic carbocycles. The zero-order valence-electron chi connectivity index (χ0n) is 17.0. The fraction of sp³-hybridized carbons (Fsp3) is 0.217. The smallest absolute Gasteiger partial charge is 0.344 e. The number of rotatable bonds is 8. The van der Waals surface area contributed by atoms with Crippen molar-refractivity contribution >= 4 is 28.9 Å². The second-order valence-electron chi connectivity index (χ2n) is 6.79. The van der Waals surface area contributed by atoms with Gasteiger partial charge in [0.1, 0.15) is 24.8 Å². The van der Waals surface area contributed by atoms with E-state index in [0.29, 0.717) is 36.9 Å². The number of ether oxygens (including phenoxy) is 4. The third-order valence-corrected chi connectivity index (χ3v) is 5.40. The molecular weight excluding hydrogens is 437 g/mol. The Morgan fingerprint density at radius 2 is 1.84 bits per heavy atom. The molecule has 1 amide bonds. The molecule has 2 aromatic carbocycles. The molecule has 0 N–H and O–H groups in total. The lowest BCUT2D eigenvalue weighted by Crippen LogP contribution is -2.34. The number of nitrogens with zero attached hydrogens (tertiary/aromatic N) is 1. The van der Waals surface area contributed by atoms with Crippen LogP contribution in [0.1, 0.15) is 4.88 Å². The quantitative estimate of drug-likeness (QED) is 0.479. The van der Waals surface area contributed by atoms with E-state index in [1.165, 1.54) is 34.4 Å². The minimum Gasteiger partial charge on any atom is -0.486 e. The third-order valence-electron chi connectivity index (χ3n) is 4.54. The number of carbonyl (C=O) groups is 2. The molecule has 0 saturated heterocycles. The van der Waals surface area contributed by atoms with E-state index >= 15 is 0 Å². The van der Waals surface area contributed by atoms with Crippen molar-refractivity contribution in [2.75, 3.05) is 31.3 Å². The van der Waals surface area contributed by atoms with Gasteiger partial charge in [0, 0.05) is 22.7 Å². The first-order valence-electron chi connectivity index (χ1n) is 9.85. The summed E-state index contributed by atoms with van der Waals surface area (Å²) >= 11 is 1.52. The molecule has 32 heavy (non-hydrogen) atoms. The van der Waals surface area contributed by atoms with Gasteiger partial charge in [-0.2, -0.15) is 0 Å². The first-order valence-corrected chi connectivity index (χ1v) is 10.7. The van der Waals surface area contributed by atoms with Crippen LogP contribution in [0.2, 0.25) is 0 Å². The van der Waals surface area contributed by atoms with Crippen LogP contribution in [0.4, 0.5) is 10.1 Å². The largest absolute Gasteiger partial charge is 0.486 e. The zero-order chi connectivity index (χ0) is 22.3. The average molecular weight is 457 g/mol. The van der Waals surface area contributed by atoms with E-state index in [2.05, 4.69) is 0 Å². The molecule has 1 aliphatic rings. The van der Waals surface area contributed by atoms with Gasteiger partial charge in [0.25, 0.3) is 5.91 Å². The predicted octanol–water partition coefficient (Wildman–Crippen LogP) is 3.81. The van der Waals surface area contributed by atoms with Crippen LogP contribution >= 0.6 is 11.3 Å². The van der Waals surface area contributed by atoms with Crippen LogP contribution in [-0.4, -0.2) is 38.3 Å². The number of thiophene rings is 1. The van der Waals surface area contributed by atoms with Crippen molar-refractivity contribution in [3.05, 3.63) is 70.7 Å². The van der Waals surface area contributed by atoms with Crippen LogP contribution in [0.15, 0.2) is 60.0 Å². The molecule has 2 heterocycles. The summed E-state index contributed by atoms with van der Waals surface area (Å²) in [4.78, 5) is 27.5. The van der Waals surface area contributed by atoms with Gasteiger partial charge in [-0.3, -0.25) is 4.79 Å². The number of fused-ring (bicyclic) bond motifs is 1. The van der Waals surface area contributed by atoms with E-state index < -0.39 is 30.9 Å². The van der Waals surface area contributed by atoms with Gasteiger partial charge < -0.3 is 23.8 Å². The molecule has 0 spiro atoms. The number of hydrogen-bond acceptors (Lipinski definition) is 7. The van der Waals surface area contributed by atoms with E-state index in [4.69, 9.17) is 18.9 Å². The molecule has 0 radical (unpaired) electrons. The van der Waals surface area contributed by atoms with E-state index in [9.17, 15) is 14.0 Å². The number of carbonyl (C=O) groups excluding carboxylic acids is 2. The standard InChI is InChI=1S/C23H20FNO6S/c24-16-3-1-4-18(11-16)30-15-23(27)31-14-22(26)25(13-19-5-2-10-32-19)17-6-7-20-21(12-17)29-9-8-28-20/h1-7,10-12H,8-9,13-15H2. The first kappa shape index (κ1) is 21.6. The van der Waals surface area contributed by atoms with Crippen LogP contribution in [0.3, 0.4) is 0 Å². The highest BCUT2D eigenvalue weighted by Crippen LogP contribution is 2.34. The summed E-state index contributed by atoms with van der Waals surface area (Å²) in [5.74, 6) is -0.253. The van der Waals surface area contributed by atoms with Crippen molar-refractivity contribution in [3.63, 3.8) is 0 Å². The van der Waals surface area contributed by atoms with Crippen LogP contribution in [0.5, 0.6) is 17.2 Å².